The first-order valence-corrected chi connectivity index (χ1v) is 5.16. The smallest absolute Gasteiger partial charge is 0.191 e. The molecule has 0 aliphatic carbocycles. The molecule has 0 radical (unpaired) electrons. The zero-order valence-corrected chi connectivity index (χ0v) is 9.29. The number of hydrogen-bond acceptors (Lipinski definition) is 5. The van der Waals surface area contributed by atoms with Gasteiger partial charge in [0.1, 0.15) is 5.76 Å². The van der Waals surface area contributed by atoms with Crippen LogP contribution in [0, 0.1) is 13.8 Å². The number of nitrogens with zero attached hydrogens (tertiary/aromatic N) is 2. The van der Waals surface area contributed by atoms with Crippen LogP contribution in [0.25, 0.3) is 0 Å². The number of rotatable bonds is 2. The Kier molecular flexibility index (Phi) is 2.62. The van der Waals surface area contributed by atoms with Crippen LogP contribution in [0.5, 0.6) is 0 Å². The summed E-state index contributed by atoms with van der Waals surface area (Å²) in [4.78, 5) is 4.29. The van der Waals surface area contributed by atoms with E-state index in [4.69, 9.17) is 4.52 Å². The van der Waals surface area contributed by atoms with Gasteiger partial charge in [-0.3, -0.25) is 4.99 Å². The molecule has 1 aromatic heterocycles. The Hall–Kier alpha value is -1.52. The van der Waals surface area contributed by atoms with Gasteiger partial charge in [0.15, 0.2) is 5.96 Å². The Bertz CT molecular complexity index is 363. The van der Waals surface area contributed by atoms with Gasteiger partial charge >= 0.3 is 0 Å². The molecule has 0 fully saturated rings. The van der Waals surface area contributed by atoms with Crippen molar-refractivity contribution in [3.05, 3.63) is 17.0 Å². The van der Waals surface area contributed by atoms with Crippen molar-refractivity contribution in [2.24, 2.45) is 4.99 Å². The molecule has 5 nitrogen and oxygen atoms in total. The third-order valence-corrected chi connectivity index (χ3v) is 2.55. The van der Waals surface area contributed by atoms with Gasteiger partial charge in [0.2, 0.25) is 0 Å². The van der Waals surface area contributed by atoms with E-state index >= 15 is 0 Å². The summed E-state index contributed by atoms with van der Waals surface area (Å²) in [6, 6.07) is 0.167. The second kappa shape index (κ2) is 3.92. The molecule has 0 spiro atoms. The highest BCUT2D eigenvalue weighted by atomic mass is 16.5. The van der Waals surface area contributed by atoms with Crippen LogP contribution in [-0.4, -0.2) is 24.2 Å². The SMILES string of the molecule is Cc1noc(C)c1C(C)NC1=NCCN1. The number of hydrogen-bond donors (Lipinski definition) is 2. The van der Waals surface area contributed by atoms with E-state index < -0.39 is 0 Å². The molecule has 1 aliphatic heterocycles. The van der Waals surface area contributed by atoms with E-state index in [2.05, 4.69) is 27.7 Å². The van der Waals surface area contributed by atoms with Crippen LogP contribution >= 0.6 is 0 Å². The first kappa shape index (κ1) is 10.0. The molecule has 2 rings (SSSR count). The van der Waals surface area contributed by atoms with E-state index in [-0.39, 0.29) is 6.04 Å². The number of aryl methyl sites for hydroxylation is 2. The van der Waals surface area contributed by atoms with E-state index in [1.807, 2.05) is 13.8 Å². The van der Waals surface area contributed by atoms with Crippen molar-refractivity contribution in [2.75, 3.05) is 13.1 Å². The van der Waals surface area contributed by atoms with Crippen molar-refractivity contribution in [3.63, 3.8) is 0 Å². The number of aromatic nitrogens is 1. The fourth-order valence-corrected chi connectivity index (χ4v) is 1.88. The largest absolute Gasteiger partial charge is 0.361 e. The van der Waals surface area contributed by atoms with E-state index in [9.17, 15) is 0 Å². The Balaban J connectivity index is 2.10. The molecule has 15 heavy (non-hydrogen) atoms. The first-order chi connectivity index (χ1) is 7.18. The van der Waals surface area contributed by atoms with E-state index in [1.54, 1.807) is 0 Å². The van der Waals surface area contributed by atoms with Crippen LogP contribution in [0.3, 0.4) is 0 Å². The maximum atomic E-state index is 5.13. The van der Waals surface area contributed by atoms with Gasteiger partial charge in [0, 0.05) is 12.1 Å². The molecule has 0 bridgehead atoms. The third-order valence-electron chi connectivity index (χ3n) is 2.55. The summed E-state index contributed by atoms with van der Waals surface area (Å²) in [6.45, 7) is 7.72. The van der Waals surface area contributed by atoms with Crippen molar-refractivity contribution in [2.45, 2.75) is 26.8 Å². The zero-order valence-electron chi connectivity index (χ0n) is 9.29. The first-order valence-electron chi connectivity index (χ1n) is 5.16. The van der Waals surface area contributed by atoms with Crippen LogP contribution in [-0.2, 0) is 0 Å². The molecule has 0 saturated heterocycles. The maximum absolute atomic E-state index is 5.13. The monoisotopic (exact) mass is 208 g/mol. The summed E-state index contributed by atoms with van der Waals surface area (Å²) in [7, 11) is 0. The van der Waals surface area contributed by atoms with Gasteiger partial charge in [-0.15, -0.1) is 0 Å². The molecule has 1 unspecified atom stereocenters. The zero-order chi connectivity index (χ0) is 10.8. The highest BCUT2D eigenvalue weighted by Crippen LogP contribution is 2.20. The van der Waals surface area contributed by atoms with E-state index in [0.29, 0.717) is 0 Å². The lowest BCUT2D eigenvalue weighted by molar-refractivity contribution is 0.391. The molecule has 2 heterocycles. The van der Waals surface area contributed by atoms with Gasteiger partial charge in [-0.1, -0.05) is 5.16 Å². The van der Waals surface area contributed by atoms with Gasteiger partial charge in [0.25, 0.3) is 0 Å². The molecule has 2 N–H and O–H groups in total. The molecule has 0 amide bonds. The summed E-state index contributed by atoms with van der Waals surface area (Å²) < 4.78 is 5.13. The summed E-state index contributed by atoms with van der Waals surface area (Å²) in [5.74, 6) is 1.73. The van der Waals surface area contributed by atoms with E-state index in [1.165, 1.54) is 0 Å². The fourth-order valence-electron chi connectivity index (χ4n) is 1.88. The second-order valence-electron chi connectivity index (χ2n) is 3.76. The van der Waals surface area contributed by atoms with Crippen molar-refractivity contribution in [3.8, 4) is 0 Å². The average Bonchev–Trinajstić information content (AvgIpc) is 2.77. The Morgan fingerprint density at radius 2 is 2.27 bits per heavy atom. The quantitative estimate of drug-likeness (QED) is 0.758. The van der Waals surface area contributed by atoms with Crippen LogP contribution in [0.2, 0.25) is 0 Å². The molecule has 1 atom stereocenters. The standard InChI is InChI=1S/C10H16N4O/c1-6(13-10-11-4-5-12-10)9-7(2)14-15-8(9)3/h6H,4-5H2,1-3H3,(H2,11,12,13). The maximum Gasteiger partial charge on any atom is 0.191 e. The number of aliphatic imine (C=N–C) groups is 1. The highest BCUT2D eigenvalue weighted by Gasteiger charge is 2.18. The van der Waals surface area contributed by atoms with Gasteiger partial charge in [-0.05, 0) is 20.8 Å². The minimum absolute atomic E-state index is 0.167. The molecular formula is C10H16N4O. The van der Waals surface area contributed by atoms with Crippen LogP contribution < -0.4 is 10.6 Å². The molecule has 0 saturated carbocycles. The third kappa shape index (κ3) is 1.95. The van der Waals surface area contributed by atoms with Gasteiger partial charge < -0.3 is 15.2 Å². The van der Waals surface area contributed by atoms with Gasteiger partial charge in [-0.2, -0.15) is 0 Å². The van der Waals surface area contributed by atoms with Crippen LogP contribution in [0.1, 0.15) is 30.0 Å². The van der Waals surface area contributed by atoms with Crippen LogP contribution in [0.4, 0.5) is 0 Å². The van der Waals surface area contributed by atoms with Gasteiger partial charge in [0.05, 0.1) is 18.3 Å². The molecule has 1 aliphatic rings. The molecule has 0 aromatic carbocycles. The summed E-state index contributed by atoms with van der Waals surface area (Å²) in [5.41, 5.74) is 2.05. The molecule has 1 aromatic rings. The fraction of sp³-hybridized carbons (Fsp3) is 0.600. The summed E-state index contributed by atoms with van der Waals surface area (Å²) in [5, 5.41) is 10.4. The van der Waals surface area contributed by atoms with Crippen molar-refractivity contribution in [1.82, 2.24) is 15.8 Å². The molecule has 5 heteroatoms. The minimum Gasteiger partial charge on any atom is -0.361 e. The summed E-state index contributed by atoms with van der Waals surface area (Å²) >= 11 is 0. The van der Waals surface area contributed by atoms with Gasteiger partial charge in [-0.25, -0.2) is 0 Å². The van der Waals surface area contributed by atoms with Crippen molar-refractivity contribution >= 4 is 5.96 Å². The highest BCUT2D eigenvalue weighted by molar-refractivity contribution is 5.81. The number of nitrogens with one attached hydrogen (secondary N) is 2. The number of guanidine groups is 1. The van der Waals surface area contributed by atoms with Crippen molar-refractivity contribution in [1.29, 1.82) is 0 Å². The Morgan fingerprint density at radius 1 is 1.47 bits per heavy atom. The normalized spacial score (nSPS) is 17.1. The Labute approximate surface area is 88.9 Å². The lowest BCUT2D eigenvalue weighted by atomic mass is 10.1. The minimum atomic E-state index is 0.167. The lowest BCUT2D eigenvalue weighted by Gasteiger charge is -2.14. The summed E-state index contributed by atoms with van der Waals surface area (Å²) in [6.07, 6.45) is 0. The van der Waals surface area contributed by atoms with E-state index in [0.717, 1.165) is 36.1 Å². The average molecular weight is 208 g/mol. The Morgan fingerprint density at radius 3 is 2.80 bits per heavy atom. The van der Waals surface area contributed by atoms with Crippen LogP contribution in [0.15, 0.2) is 9.52 Å². The molecule has 82 valence electrons. The van der Waals surface area contributed by atoms with Crippen molar-refractivity contribution < 1.29 is 4.52 Å². The lowest BCUT2D eigenvalue weighted by Crippen LogP contribution is -2.35. The second-order valence-corrected chi connectivity index (χ2v) is 3.76. The molecular weight excluding hydrogens is 192 g/mol. The topological polar surface area (TPSA) is 62.5 Å². The predicted molar refractivity (Wildman–Crippen MR) is 57.8 cm³/mol. The predicted octanol–water partition coefficient (Wildman–Crippen LogP) is 0.901.